The van der Waals surface area contributed by atoms with E-state index in [9.17, 15) is 15.0 Å². The molecule has 188 valence electrons. The van der Waals surface area contributed by atoms with Crippen molar-refractivity contribution in [3.8, 4) is 11.5 Å². The number of carboxylic acid groups (broad SMARTS) is 1. The van der Waals surface area contributed by atoms with Gasteiger partial charge in [-0.1, -0.05) is 42.5 Å². The molecule has 1 heterocycles. The molecule has 2 N–H and O–H groups in total. The van der Waals surface area contributed by atoms with E-state index in [2.05, 4.69) is 5.10 Å². The SMILES string of the molecule is COc1cc(C(O)C(Cn2ncc3cccc(C(=O)O)c32)OCCc2ccccc2)cc(OC)c1C. The smallest absolute Gasteiger partial charge is 0.337 e. The Labute approximate surface area is 209 Å². The van der Waals surface area contributed by atoms with E-state index in [1.165, 1.54) is 0 Å². The largest absolute Gasteiger partial charge is 0.496 e. The van der Waals surface area contributed by atoms with Crippen molar-refractivity contribution in [1.82, 2.24) is 9.78 Å². The molecule has 0 aliphatic rings. The maximum Gasteiger partial charge on any atom is 0.337 e. The topological polar surface area (TPSA) is 103 Å². The second kappa shape index (κ2) is 11.2. The first kappa shape index (κ1) is 25.2. The van der Waals surface area contributed by atoms with Crippen molar-refractivity contribution in [2.24, 2.45) is 0 Å². The third-order valence-corrected chi connectivity index (χ3v) is 6.28. The van der Waals surface area contributed by atoms with Crippen LogP contribution in [-0.4, -0.2) is 52.9 Å². The van der Waals surface area contributed by atoms with E-state index < -0.39 is 18.2 Å². The second-order valence-electron chi connectivity index (χ2n) is 8.52. The van der Waals surface area contributed by atoms with Crippen molar-refractivity contribution in [3.05, 3.63) is 89.1 Å². The van der Waals surface area contributed by atoms with Gasteiger partial charge in [0, 0.05) is 10.9 Å². The Morgan fingerprint density at radius 2 is 1.72 bits per heavy atom. The maximum absolute atomic E-state index is 11.9. The molecule has 0 radical (unpaired) electrons. The Bertz CT molecular complexity index is 1310. The third kappa shape index (κ3) is 5.35. The predicted octanol–water partition coefficient (Wildman–Crippen LogP) is 4.42. The molecule has 1 aromatic heterocycles. The summed E-state index contributed by atoms with van der Waals surface area (Å²) >= 11 is 0. The summed E-state index contributed by atoms with van der Waals surface area (Å²) < 4.78 is 18.8. The Morgan fingerprint density at radius 1 is 1.03 bits per heavy atom. The first-order chi connectivity index (χ1) is 17.4. The molecule has 0 spiro atoms. The van der Waals surface area contributed by atoms with E-state index in [0.29, 0.717) is 41.0 Å². The number of ether oxygens (including phenoxy) is 3. The number of nitrogens with zero attached hydrogens (tertiary/aromatic N) is 2. The van der Waals surface area contributed by atoms with Gasteiger partial charge in [-0.25, -0.2) is 4.79 Å². The maximum atomic E-state index is 11.9. The lowest BCUT2D eigenvalue weighted by molar-refractivity contribution is -0.0475. The van der Waals surface area contributed by atoms with E-state index >= 15 is 0 Å². The molecular weight excluding hydrogens is 460 g/mol. The van der Waals surface area contributed by atoms with Crippen molar-refractivity contribution in [3.63, 3.8) is 0 Å². The summed E-state index contributed by atoms with van der Waals surface area (Å²) in [6.07, 6.45) is 0.494. The molecule has 0 saturated carbocycles. The number of aliphatic hydroxyl groups is 1. The molecule has 0 saturated heterocycles. The zero-order valence-electron chi connectivity index (χ0n) is 20.5. The van der Waals surface area contributed by atoms with Crippen LogP contribution in [-0.2, 0) is 17.7 Å². The minimum atomic E-state index is -1.06. The van der Waals surface area contributed by atoms with Gasteiger partial charge >= 0.3 is 5.97 Å². The molecule has 2 atom stereocenters. The summed E-state index contributed by atoms with van der Waals surface area (Å²) in [5.74, 6) is 0.130. The Hall–Kier alpha value is -3.88. The van der Waals surface area contributed by atoms with Gasteiger partial charge in [-0.05, 0) is 42.7 Å². The molecule has 0 aliphatic carbocycles. The fraction of sp³-hybridized carbons (Fsp3) is 0.286. The Balaban J connectivity index is 1.67. The van der Waals surface area contributed by atoms with Crippen LogP contribution in [0.5, 0.6) is 11.5 Å². The first-order valence-corrected chi connectivity index (χ1v) is 11.7. The molecule has 36 heavy (non-hydrogen) atoms. The monoisotopic (exact) mass is 490 g/mol. The van der Waals surface area contributed by atoms with Crippen molar-refractivity contribution in [1.29, 1.82) is 0 Å². The summed E-state index contributed by atoms with van der Waals surface area (Å²) in [5, 5.41) is 26.3. The van der Waals surface area contributed by atoms with E-state index in [4.69, 9.17) is 14.2 Å². The number of hydrogen-bond acceptors (Lipinski definition) is 6. The number of aliphatic hydroxyl groups excluding tert-OH is 1. The van der Waals surface area contributed by atoms with Crippen molar-refractivity contribution < 1.29 is 29.2 Å². The number of rotatable bonds is 11. The zero-order chi connectivity index (χ0) is 25.7. The standard InChI is InChI=1S/C28H30N2O6/c1-18-23(34-2)14-21(15-24(18)35-3)27(31)25(36-13-12-19-8-5-4-6-9-19)17-30-26-20(16-29-30)10-7-11-22(26)28(32)33/h4-11,14-16,25,27,31H,12-13,17H2,1-3H3,(H,32,33). The number of aromatic nitrogens is 2. The third-order valence-electron chi connectivity index (χ3n) is 6.28. The molecule has 2 unspecified atom stereocenters. The molecular formula is C28H30N2O6. The lowest BCUT2D eigenvalue weighted by atomic mass is 10.0. The molecule has 8 nitrogen and oxygen atoms in total. The van der Waals surface area contributed by atoms with Crippen LogP contribution in [0.3, 0.4) is 0 Å². The van der Waals surface area contributed by atoms with E-state index in [1.54, 1.807) is 49.4 Å². The molecule has 0 amide bonds. The molecule has 3 aromatic carbocycles. The van der Waals surface area contributed by atoms with Gasteiger partial charge in [0.2, 0.25) is 0 Å². The van der Waals surface area contributed by atoms with Crippen LogP contribution in [0.1, 0.15) is 33.2 Å². The highest BCUT2D eigenvalue weighted by molar-refractivity contribution is 6.01. The van der Waals surface area contributed by atoms with Crippen LogP contribution < -0.4 is 9.47 Å². The lowest BCUT2D eigenvalue weighted by Gasteiger charge is -2.25. The molecule has 0 fully saturated rings. The lowest BCUT2D eigenvalue weighted by Crippen LogP contribution is -2.29. The fourth-order valence-corrected chi connectivity index (χ4v) is 4.33. The van der Waals surface area contributed by atoms with Crippen molar-refractivity contribution >= 4 is 16.9 Å². The average Bonchev–Trinajstić information content (AvgIpc) is 3.31. The highest BCUT2D eigenvalue weighted by Gasteiger charge is 2.26. The number of hydrogen-bond donors (Lipinski definition) is 2. The quantitative estimate of drug-likeness (QED) is 0.321. The molecule has 4 rings (SSSR count). The number of carboxylic acids is 1. The van der Waals surface area contributed by atoms with Gasteiger partial charge in [0.1, 0.15) is 23.7 Å². The van der Waals surface area contributed by atoms with E-state index in [0.717, 1.165) is 11.1 Å². The summed E-state index contributed by atoms with van der Waals surface area (Å²) in [6.45, 7) is 2.38. The molecule has 8 heteroatoms. The molecule has 0 aliphatic heterocycles. The van der Waals surface area contributed by atoms with Gasteiger partial charge < -0.3 is 24.4 Å². The number of fused-ring (bicyclic) bond motifs is 1. The predicted molar refractivity (Wildman–Crippen MR) is 136 cm³/mol. The van der Waals surface area contributed by atoms with E-state index in [1.807, 2.05) is 43.3 Å². The average molecular weight is 491 g/mol. The van der Waals surface area contributed by atoms with Crippen LogP contribution in [0.25, 0.3) is 10.9 Å². The normalized spacial score (nSPS) is 12.9. The van der Waals surface area contributed by atoms with Crippen LogP contribution in [0, 0.1) is 6.92 Å². The number of para-hydroxylation sites is 1. The van der Waals surface area contributed by atoms with Crippen LogP contribution in [0.2, 0.25) is 0 Å². The number of carbonyl (C=O) groups is 1. The van der Waals surface area contributed by atoms with Crippen molar-refractivity contribution in [2.75, 3.05) is 20.8 Å². The van der Waals surface area contributed by atoms with Gasteiger partial charge in [0.15, 0.2) is 0 Å². The number of aromatic carboxylic acids is 1. The second-order valence-corrected chi connectivity index (χ2v) is 8.52. The van der Waals surface area contributed by atoms with Gasteiger partial charge in [0.25, 0.3) is 0 Å². The first-order valence-electron chi connectivity index (χ1n) is 11.7. The van der Waals surface area contributed by atoms with Crippen LogP contribution in [0.4, 0.5) is 0 Å². The van der Waals surface area contributed by atoms with E-state index in [-0.39, 0.29) is 12.1 Å². The summed E-state index contributed by atoms with van der Waals surface area (Å²) in [6, 6.07) is 18.5. The number of benzene rings is 3. The van der Waals surface area contributed by atoms with Crippen molar-refractivity contribution in [2.45, 2.75) is 32.1 Å². The number of methoxy groups -OCH3 is 2. The Kier molecular flexibility index (Phi) is 7.87. The minimum Gasteiger partial charge on any atom is -0.496 e. The highest BCUT2D eigenvalue weighted by atomic mass is 16.5. The van der Waals surface area contributed by atoms with Gasteiger partial charge in [-0.2, -0.15) is 5.10 Å². The molecule has 4 aromatic rings. The van der Waals surface area contributed by atoms with Gasteiger partial charge in [-0.15, -0.1) is 0 Å². The fourth-order valence-electron chi connectivity index (χ4n) is 4.33. The minimum absolute atomic E-state index is 0.140. The summed E-state index contributed by atoms with van der Waals surface area (Å²) in [5.41, 5.74) is 3.12. The van der Waals surface area contributed by atoms with Crippen LogP contribution in [0.15, 0.2) is 66.9 Å². The van der Waals surface area contributed by atoms with Gasteiger partial charge in [0.05, 0.1) is 44.6 Å². The summed E-state index contributed by atoms with van der Waals surface area (Å²) in [7, 11) is 3.13. The zero-order valence-corrected chi connectivity index (χ0v) is 20.5. The molecule has 0 bridgehead atoms. The highest BCUT2D eigenvalue weighted by Crippen LogP contribution is 2.34. The van der Waals surface area contributed by atoms with Gasteiger partial charge in [-0.3, -0.25) is 4.68 Å². The Morgan fingerprint density at radius 3 is 2.36 bits per heavy atom. The summed E-state index contributed by atoms with van der Waals surface area (Å²) in [4.78, 5) is 11.9. The van der Waals surface area contributed by atoms with Crippen LogP contribution >= 0.6 is 0 Å².